The van der Waals surface area contributed by atoms with Gasteiger partial charge in [-0.2, -0.15) is 5.26 Å². The second-order valence-electron chi connectivity index (χ2n) is 4.61. The average Bonchev–Trinajstić information content (AvgIpc) is 2.38. The van der Waals surface area contributed by atoms with Gasteiger partial charge in [0.05, 0.1) is 4.92 Å². The van der Waals surface area contributed by atoms with Gasteiger partial charge in [-0.05, 0) is 38.3 Å². The Morgan fingerprint density at radius 3 is 2.89 bits per heavy atom. The first-order valence-corrected chi connectivity index (χ1v) is 6.08. The third-order valence-corrected chi connectivity index (χ3v) is 3.43. The van der Waals surface area contributed by atoms with Crippen LogP contribution in [0.25, 0.3) is 0 Å². The van der Waals surface area contributed by atoms with E-state index in [0.717, 1.165) is 25.1 Å². The molecule has 0 aromatic heterocycles. The fourth-order valence-corrected chi connectivity index (χ4v) is 2.43. The summed E-state index contributed by atoms with van der Waals surface area (Å²) in [5.74, 6) is 0. The van der Waals surface area contributed by atoms with Crippen LogP contribution in [0.2, 0.25) is 0 Å². The maximum Gasteiger partial charge on any atom is 0.289 e. The van der Waals surface area contributed by atoms with E-state index in [4.69, 9.17) is 5.26 Å². The maximum absolute atomic E-state index is 10.9. The number of benzene rings is 1. The summed E-state index contributed by atoms with van der Waals surface area (Å²) in [5, 5.41) is 19.8. The van der Waals surface area contributed by atoms with Gasteiger partial charge in [0.1, 0.15) is 11.6 Å². The molecule has 1 heterocycles. The third-order valence-electron chi connectivity index (χ3n) is 3.43. The molecule has 1 unspecified atom stereocenters. The summed E-state index contributed by atoms with van der Waals surface area (Å²) in [6, 6.07) is 7.10. The maximum atomic E-state index is 10.9. The first kappa shape index (κ1) is 12.4. The van der Waals surface area contributed by atoms with Crippen LogP contribution in [-0.4, -0.2) is 17.5 Å². The van der Waals surface area contributed by atoms with Gasteiger partial charge in [-0.25, -0.2) is 0 Å². The lowest BCUT2D eigenvalue weighted by molar-refractivity contribution is -0.385. The predicted octanol–water partition coefficient (Wildman–Crippen LogP) is 2.85. The van der Waals surface area contributed by atoms with Crippen molar-refractivity contribution in [1.29, 1.82) is 5.26 Å². The van der Waals surface area contributed by atoms with Crippen LogP contribution in [0, 0.1) is 21.4 Å². The van der Waals surface area contributed by atoms with E-state index in [1.165, 1.54) is 18.6 Å². The molecule has 0 N–H and O–H groups in total. The highest BCUT2D eigenvalue weighted by molar-refractivity contribution is 5.60. The zero-order valence-electron chi connectivity index (χ0n) is 10.3. The molecule has 1 saturated heterocycles. The molecule has 0 amide bonds. The first-order chi connectivity index (χ1) is 8.63. The molecule has 0 radical (unpaired) electrons. The fraction of sp³-hybridized carbons (Fsp3) is 0.462. The predicted molar refractivity (Wildman–Crippen MR) is 68.5 cm³/mol. The van der Waals surface area contributed by atoms with Crippen LogP contribution in [-0.2, 0) is 0 Å². The number of piperidine rings is 1. The lowest BCUT2D eigenvalue weighted by atomic mass is 10.0. The quantitative estimate of drug-likeness (QED) is 0.593. The van der Waals surface area contributed by atoms with Crippen molar-refractivity contribution in [3.05, 3.63) is 33.9 Å². The number of anilines is 1. The van der Waals surface area contributed by atoms with E-state index in [0.29, 0.717) is 6.04 Å². The Morgan fingerprint density at radius 2 is 2.28 bits per heavy atom. The van der Waals surface area contributed by atoms with E-state index in [9.17, 15) is 10.1 Å². The number of hydrogen-bond acceptors (Lipinski definition) is 4. The summed E-state index contributed by atoms with van der Waals surface area (Å²) in [6.07, 6.45) is 3.42. The second-order valence-corrected chi connectivity index (χ2v) is 4.61. The summed E-state index contributed by atoms with van der Waals surface area (Å²) in [7, 11) is 0. The van der Waals surface area contributed by atoms with Crippen LogP contribution in [0.15, 0.2) is 18.2 Å². The Bertz CT molecular complexity index is 507. The van der Waals surface area contributed by atoms with E-state index < -0.39 is 4.92 Å². The van der Waals surface area contributed by atoms with Crippen LogP contribution in [0.5, 0.6) is 0 Å². The minimum atomic E-state index is -0.489. The highest BCUT2D eigenvalue weighted by atomic mass is 16.6. The van der Waals surface area contributed by atoms with Gasteiger partial charge in [-0.3, -0.25) is 10.1 Å². The summed E-state index contributed by atoms with van der Waals surface area (Å²) in [6.45, 7) is 3.05. The minimum Gasteiger partial charge on any atom is -0.369 e. The van der Waals surface area contributed by atoms with Crippen molar-refractivity contribution in [2.24, 2.45) is 0 Å². The minimum absolute atomic E-state index is 0.104. The average molecular weight is 245 g/mol. The fourth-order valence-electron chi connectivity index (χ4n) is 2.43. The largest absolute Gasteiger partial charge is 0.369 e. The smallest absolute Gasteiger partial charge is 0.289 e. The number of nitro benzene ring substituents is 1. The van der Waals surface area contributed by atoms with Crippen LogP contribution < -0.4 is 4.90 Å². The van der Waals surface area contributed by atoms with Gasteiger partial charge in [0.2, 0.25) is 0 Å². The van der Waals surface area contributed by atoms with Gasteiger partial charge < -0.3 is 4.90 Å². The normalized spacial score (nSPS) is 19.3. The molecule has 1 aliphatic rings. The molecule has 0 bridgehead atoms. The summed E-state index contributed by atoms with van der Waals surface area (Å²) in [5.41, 5.74) is 0.856. The Labute approximate surface area is 106 Å². The lowest BCUT2D eigenvalue weighted by Crippen LogP contribution is -2.37. The van der Waals surface area contributed by atoms with Crippen molar-refractivity contribution < 1.29 is 4.92 Å². The zero-order valence-corrected chi connectivity index (χ0v) is 10.3. The molecule has 1 aromatic rings. The first-order valence-electron chi connectivity index (χ1n) is 6.08. The van der Waals surface area contributed by atoms with E-state index >= 15 is 0 Å². The summed E-state index contributed by atoms with van der Waals surface area (Å²) in [4.78, 5) is 12.6. The standard InChI is InChI=1S/C13H15N3O2/c1-10-4-2-3-7-15(10)12-6-5-11(9-14)13(8-12)16(17)18/h5-6,8,10H,2-4,7H2,1H3. The van der Waals surface area contributed by atoms with Crippen molar-refractivity contribution in [2.75, 3.05) is 11.4 Å². The van der Waals surface area contributed by atoms with Gasteiger partial charge >= 0.3 is 0 Å². The molecular formula is C13H15N3O2. The Balaban J connectivity index is 2.37. The number of rotatable bonds is 2. The Kier molecular flexibility index (Phi) is 3.47. The Morgan fingerprint density at radius 1 is 1.50 bits per heavy atom. The molecule has 0 saturated carbocycles. The molecule has 0 aliphatic carbocycles. The highest BCUT2D eigenvalue weighted by Gasteiger charge is 2.22. The van der Waals surface area contributed by atoms with Gasteiger partial charge in [-0.15, -0.1) is 0 Å². The van der Waals surface area contributed by atoms with Crippen LogP contribution in [0.3, 0.4) is 0 Å². The lowest BCUT2D eigenvalue weighted by Gasteiger charge is -2.35. The van der Waals surface area contributed by atoms with Gasteiger partial charge in [0.15, 0.2) is 0 Å². The molecule has 5 heteroatoms. The highest BCUT2D eigenvalue weighted by Crippen LogP contribution is 2.29. The monoisotopic (exact) mass is 245 g/mol. The van der Waals surface area contributed by atoms with Gasteiger partial charge in [0.25, 0.3) is 5.69 Å². The van der Waals surface area contributed by atoms with E-state index in [1.807, 2.05) is 6.07 Å². The number of nitriles is 1. The molecular weight excluding hydrogens is 230 g/mol. The van der Waals surface area contributed by atoms with Crippen molar-refractivity contribution in [3.8, 4) is 6.07 Å². The number of nitrogens with zero attached hydrogens (tertiary/aromatic N) is 3. The number of hydrogen-bond donors (Lipinski definition) is 0. The topological polar surface area (TPSA) is 70.2 Å². The van der Waals surface area contributed by atoms with Crippen LogP contribution in [0.4, 0.5) is 11.4 Å². The molecule has 1 atom stereocenters. The molecule has 18 heavy (non-hydrogen) atoms. The molecule has 0 spiro atoms. The zero-order chi connectivity index (χ0) is 13.1. The van der Waals surface area contributed by atoms with Crippen molar-refractivity contribution >= 4 is 11.4 Å². The van der Waals surface area contributed by atoms with Gasteiger partial charge in [-0.1, -0.05) is 0 Å². The van der Waals surface area contributed by atoms with E-state index in [1.54, 1.807) is 6.07 Å². The Hall–Kier alpha value is -2.09. The van der Waals surface area contributed by atoms with E-state index in [-0.39, 0.29) is 11.3 Å². The van der Waals surface area contributed by atoms with Gasteiger partial charge in [0, 0.05) is 24.3 Å². The van der Waals surface area contributed by atoms with Crippen molar-refractivity contribution in [1.82, 2.24) is 0 Å². The summed E-state index contributed by atoms with van der Waals surface area (Å²) >= 11 is 0. The SMILES string of the molecule is CC1CCCCN1c1ccc(C#N)c([N+](=O)[O-])c1. The third kappa shape index (κ3) is 2.28. The molecule has 1 aliphatic heterocycles. The van der Waals surface area contributed by atoms with Crippen molar-refractivity contribution in [2.45, 2.75) is 32.2 Å². The van der Waals surface area contributed by atoms with Crippen LogP contribution >= 0.6 is 0 Å². The molecule has 1 fully saturated rings. The molecule has 94 valence electrons. The second kappa shape index (κ2) is 5.05. The molecule has 1 aromatic carbocycles. The van der Waals surface area contributed by atoms with Crippen LogP contribution in [0.1, 0.15) is 31.7 Å². The summed E-state index contributed by atoms with van der Waals surface area (Å²) < 4.78 is 0. The number of nitro groups is 1. The van der Waals surface area contributed by atoms with Crippen molar-refractivity contribution in [3.63, 3.8) is 0 Å². The van der Waals surface area contributed by atoms with E-state index in [2.05, 4.69) is 11.8 Å². The molecule has 5 nitrogen and oxygen atoms in total. The molecule has 2 rings (SSSR count).